The quantitative estimate of drug-likeness (QED) is 0.809. The van der Waals surface area contributed by atoms with Crippen LogP contribution >= 0.6 is 11.3 Å². The summed E-state index contributed by atoms with van der Waals surface area (Å²) in [7, 11) is 1.71. The molecule has 3 heteroatoms. The fourth-order valence-electron chi connectivity index (χ4n) is 2.15. The van der Waals surface area contributed by atoms with Gasteiger partial charge in [-0.3, -0.25) is 0 Å². The summed E-state index contributed by atoms with van der Waals surface area (Å²) in [6.45, 7) is 3.10. The van der Waals surface area contributed by atoms with Crippen molar-refractivity contribution in [2.24, 2.45) is 0 Å². The third kappa shape index (κ3) is 4.08. The molecule has 2 rings (SSSR count). The van der Waals surface area contributed by atoms with Crippen molar-refractivity contribution in [1.29, 1.82) is 0 Å². The van der Waals surface area contributed by atoms with Crippen LogP contribution in [0.4, 0.5) is 0 Å². The molecule has 1 aromatic heterocycles. The van der Waals surface area contributed by atoms with Crippen molar-refractivity contribution in [2.45, 2.75) is 32.4 Å². The number of rotatable bonds is 7. The summed E-state index contributed by atoms with van der Waals surface area (Å²) in [5.74, 6) is 0.919. The van der Waals surface area contributed by atoms with Gasteiger partial charge in [-0.2, -0.15) is 0 Å². The predicted molar refractivity (Wildman–Crippen MR) is 81.8 cm³/mol. The van der Waals surface area contributed by atoms with Crippen molar-refractivity contribution >= 4 is 11.3 Å². The van der Waals surface area contributed by atoms with Gasteiger partial charge in [0, 0.05) is 17.5 Å². The Bertz CT molecular complexity index is 481. The molecular formula is C16H21NOS. The summed E-state index contributed by atoms with van der Waals surface area (Å²) in [5.41, 5.74) is 1.26. The number of benzene rings is 1. The first kappa shape index (κ1) is 14.1. The Morgan fingerprint density at radius 2 is 2.16 bits per heavy atom. The van der Waals surface area contributed by atoms with Crippen molar-refractivity contribution in [3.05, 3.63) is 52.2 Å². The number of thiophene rings is 1. The van der Waals surface area contributed by atoms with Crippen LogP contribution in [-0.4, -0.2) is 7.11 Å². The maximum Gasteiger partial charge on any atom is 0.119 e. The van der Waals surface area contributed by atoms with Gasteiger partial charge in [-0.1, -0.05) is 31.5 Å². The zero-order valence-electron chi connectivity index (χ0n) is 11.6. The van der Waals surface area contributed by atoms with Crippen molar-refractivity contribution in [3.8, 4) is 5.75 Å². The lowest BCUT2D eigenvalue weighted by molar-refractivity contribution is 0.413. The number of ether oxygens (including phenoxy) is 1. The molecule has 0 fully saturated rings. The summed E-state index contributed by atoms with van der Waals surface area (Å²) in [6, 6.07) is 13.0. The first-order chi connectivity index (χ1) is 9.33. The van der Waals surface area contributed by atoms with E-state index in [0.29, 0.717) is 6.04 Å². The normalized spacial score (nSPS) is 12.3. The van der Waals surface area contributed by atoms with E-state index in [0.717, 1.165) is 12.3 Å². The van der Waals surface area contributed by atoms with Crippen LogP contribution in [-0.2, 0) is 6.54 Å². The van der Waals surface area contributed by atoms with Gasteiger partial charge in [0.25, 0.3) is 0 Å². The molecule has 0 amide bonds. The Kier molecular flexibility index (Phi) is 5.43. The molecule has 2 nitrogen and oxygen atoms in total. The lowest BCUT2D eigenvalue weighted by atomic mass is 10.1. The smallest absolute Gasteiger partial charge is 0.119 e. The Morgan fingerprint density at radius 3 is 2.84 bits per heavy atom. The van der Waals surface area contributed by atoms with Gasteiger partial charge in [0.2, 0.25) is 0 Å². The van der Waals surface area contributed by atoms with E-state index in [-0.39, 0.29) is 0 Å². The van der Waals surface area contributed by atoms with Gasteiger partial charge in [0.1, 0.15) is 5.75 Å². The summed E-state index contributed by atoms with van der Waals surface area (Å²) in [5, 5.41) is 5.79. The van der Waals surface area contributed by atoms with Crippen LogP contribution in [0.5, 0.6) is 5.75 Å². The van der Waals surface area contributed by atoms with Crippen LogP contribution < -0.4 is 10.1 Å². The topological polar surface area (TPSA) is 21.3 Å². The second-order valence-corrected chi connectivity index (χ2v) is 5.57. The van der Waals surface area contributed by atoms with E-state index in [1.165, 1.54) is 23.3 Å². The average Bonchev–Trinajstić information content (AvgIpc) is 2.97. The second kappa shape index (κ2) is 7.31. The summed E-state index contributed by atoms with van der Waals surface area (Å²) < 4.78 is 5.26. The highest BCUT2D eigenvalue weighted by molar-refractivity contribution is 7.10. The zero-order chi connectivity index (χ0) is 13.5. The maximum absolute atomic E-state index is 5.26. The molecule has 2 aromatic rings. The molecule has 102 valence electrons. The van der Waals surface area contributed by atoms with Crippen LogP contribution in [0.15, 0.2) is 41.8 Å². The van der Waals surface area contributed by atoms with E-state index >= 15 is 0 Å². The molecule has 0 spiro atoms. The molecule has 0 aliphatic carbocycles. The lowest BCUT2D eigenvalue weighted by Gasteiger charge is -2.17. The van der Waals surface area contributed by atoms with E-state index < -0.39 is 0 Å². The van der Waals surface area contributed by atoms with Crippen molar-refractivity contribution < 1.29 is 4.74 Å². The monoisotopic (exact) mass is 275 g/mol. The minimum Gasteiger partial charge on any atom is -0.497 e. The van der Waals surface area contributed by atoms with E-state index in [1.54, 1.807) is 7.11 Å². The molecule has 1 N–H and O–H groups in total. The molecule has 0 aliphatic heterocycles. The molecular weight excluding hydrogens is 254 g/mol. The van der Waals surface area contributed by atoms with Gasteiger partial charge < -0.3 is 10.1 Å². The van der Waals surface area contributed by atoms with Crippen LogP contribution in [0, 0.1) is 0 Å². The fourth-order valence-corrected chi connectivity index (χ4v) is 2.98. The van der Waals surface area contributed by atoms with E-state index in [1.807, 2.05) is 23.5 Å². The third-order valence-electron chi connectivity index (χ3n) is 3.15. The van der Waals surface area contributed by atoms with Crippen LogP contribution in [0.25, 0.3) is 0 Å². The first-order valence-electron chi connectivity index (χ1n) is 6.73. The third-order valence-corrected chi connectivity index (χ3v) is 4.14. The Morgan fingerprint density at radius 1 is 1.26 bits per heavy atom. The largest absolute Gasteiger partial charge is 0.497 e. The van der Waals surface area contributed by atoms with Crippen LogP contribution in [0.1, 0.15) is 36.2 Å². The minimum absolute atomic E-state index is 0.455. The number of hydrogen-bond acceptors (Lipinski definition) is 3. The number of nitrogens with one attached hydrogen (secondary N) is 1. The van der Waals surface area contributed by atoms with Gasteiger partial charge in [0.05, 0.1) is 7.11 Å². The Hall–Kier alpha value is -1.32. The summed E-state index contributed by atoms with van der Waals surface area (Å²) in [6.07, 6.45) is 2.36. The second-order valence-electron chi connectivity index (χ2n) is 4.59. The van der Waals surface area contributed by atoms with Crippen molar-refractivity contribution in [1.82, 2.24) is 5.32 Å². The van der Waals surface area contributed by atoms with Crippen molar-refractivity contribution in [3.63, 3.8) is 0 Å². The highest BCUT2D eigenvalue weighted by atomic mass is 32.1. The molecule has 19 heavy (non-hydrogen) atoms. The van der Waals surface area contributed by atoms with Crippen molar-refractivity contribution in [2.75, 3.05) is 7.11 Å². The maximum atomic E-state index is 5.26. The lowest BCUT2D eigenvalue weighted by Crippen LogP contribution is -2.19. The number of hydrogen-bond donors (Lipinski definition) is 1. The van der Waals surface area contributed by atoms with Gasteiger partial charge >= 0.3 is 0 Å². The van der Waals surface area contributed by atoms with Gasteiger partial charge in [0.15, 0.2) is 0 Å². The highest BCUT2D eigenvalue weighted by Gasteiger charge is 2.10. The molecule has 1 heterocycles. The molecule has 0 saturated heterocycles. The van der Waals surface area contributed by atoms with E-state index in [4.69, 9.17) is 4.74 Å². The van der Waals surface area contributed by atoms with E-state index in [2.05, 4.69) is 41.9 Å². The molecule has 1 unspecified atom stereocenters. The summed E-state index contributed by atoms with van der Waals surface area (Å²) >= 11 is 1.83. The predicted octanol–water partition coefficient (Wildman–Crippen LogP) is 4.39. The molecule has 0 saturated carbocycles. The number of methoxy groups -OCH3 is 1. The van der Waals surface area contributed by atoms with Gasteiger partial charge in [-0.15, -0.1) is 11.3 Å². The van der Waals surface area contributed by atoms with Crippen LogP contribution in [0.3, 0.4) is 0 Å². The first-order valence-corrected chi connectivity index (χ1v) is 7.61. The highest BCUT2D eigenvalue weighted by Crippen LogP contribution is 2.24. The Labute approximate surface area is 119 Å². The van der Waals surface area contributed by atoms with Gasteiger partial charge in [-0.05, 0) is 35.6 Å². The molecule has 0 bridgehead atoms. The standard InChI is InChI=1S/C16H21NOS/c1-3-6-15(16-9-5-10-19-16)17-12-13-7-4-8-14(11-13)18-2/h4-5,7-11,15,17H,3,6,12H2,1-2H3. The Balaban J connectivity index is 1.98. The minimum atomic E-state index is 0.455. The van der Waals surface area contributed by atoms with Gasteiger partial charge in [-0.25, -0.2) is 0 Å². The zero-order valence-corrected chi connectivity index (χ0v) is 12.4. The molecule has 1 atom stereocenters. The molecule has 1 aromatic carbocycles. The average molecular weight is 275 g/mol. The fraction of sp³-hybridized carbons (Fsp3) is 0.375. The molecule has 0 radical (unpaired) electrons. The van der Waals surface area contributed by atoms with Crippen LogP contribution in [0.2, 0.25) is 0 Å². The van der Waals surface area contributed by atoms with E-state index in [9.17, 15) is 0 Å². The molecule has 0 aliphatic rings. The summed E-state index contributed by atoms with van der Waals surface area (Å²) in [4.78, 5) is 1.42. The SMILES string of the molecule is CCCC(NCc1cccc(OC)c1)c1cccs1.